The Kier molecular flexibility index (Phi) is 26.9. The van der Waals surface area contributed by atoms with Crippen LogP contribution in [0, 0.1) is 0 Å². The predicted molar refractivity (Wildman–Crippen MR) is 64.9 cm³/mol. The van der Waals surface area contributed by atoms with E-state index in [1.807, 2.05) is 0 Å². The third kappa shape index (κ3) is 9.43. The predicted octanol–water partition coefficient (Wildman–Crippen LogP) is -1.71. The van der Waals surface area contributed by atoms with E-state index in [0.29, 0.717) is 0 Å². The van der Waals surface area contributed by atoms with Gasteiger partial charge >= 0.3 is 11.9 Å². The summed E-state index contributed by atoms with van der Waals surface area (Å²) in [5.74, 6) is -2.46. The van der Waals surface area contributed by atoms with Gasteiger partial charge in [0.2, 0.25) is 0 Å². The van der Waals surface area contributed by atoms with Gasteiger partial charge in [0.1, 0.15) is 0 Å². The molecule has 9 heteroatoms. The van der Waals surface area contributed by atoms with E-state index in [0.717, 1.165) is 0 Å². The van der Waals surface area contributed by atoms with Crippen LogP contribution in [0.4, 0.5) is 0 Å². The quantitative estimate of drug-likeness (QED) is 0.344. The minimum atomic E-state index is -1.23. The van der Waals surface area contributed by atoms with Crippen LogP contribution in [0.1, 0.15) is 20.7 Å². The van der Waals surface area contributed by atoms with E-state index in [2.05, 4.69) is 0 Å². The molecular weight excluding hydrogens is 814 g/mol. The van der Waals surface area contributed by atoms with E-state index in [1.165, 1.54) is 24.3 Å². The zero-order valence-corrected chi connectivity index (χ0v) is 20.2. The van der Waals surface area contributed by atoms with Gasteiger partial charge < -0.3 is 21.2 Å². The van der Waals surface area contributed by atoms with Crippen LogP contribution >= 0.6 is 0 Å². The maximum absolute atomic E-state index is 10.5. The first-order valence-electron chi connectivity index (χ1n) is 3.18. The van der Waals surface area contributed by atoms with Crippen LogP contribution in [0.25, 0.3) is 0 Å². The summed E-state index contributed by atoms with van der Waals surface area (Å²) in [5.41, 5.74) is -0.380. The number of hydrogen-bond donors (Lipinski definition) is 2. The molecule has 0 aliphatic carbocycles. The van der Waals surface area contributed by atoms with Gasteiger partial charge in [-0.1, -0.05) is 12.1 Å². The summed E-state index contributed by atoms with van der Waals surface area (Å²) in [6.07, 6.45) is 0. The van der Waals surface area contributed by atoms with E-state index in [1.54, 1.807) is 0 Å². The average Bonchev–Trinajstić information content (AvgIpc) is 2.04. The number of carboxylic acid groups (broad SMARTS) is 2. The van der Waals surface area contributed by atoms with Crippen molar-refractivity contribution >= 4 is 93.8 Å². The summed E-state index contributed by atoms with van der Waals surface area (Å²) >= 11 is 0. The standard InChI is InChI=1S/C8H6O4.2H2O.3Pb/c9-7(10)5-3-1-2-4-6(5)8(11)12;;;;;/h1-4H,(H,9,10)(H,11,12);2*1H2;;;. The van der Waals surface area contributed by atoms with Crippen molar-refractivity contribution in [2.75, 3.05) is 0 Å². The Balaban J connectivity index is -0.0000000960. The summed E-state index contributed by atoms with van der Waals surface area (Å²) < 4.78 is 0. The summed E-state index contributed by atoms with van der Waals surface area (Å²) in [6.45, 7) is 0. The SMILES string of the molecule is O.O.O=C(O)c1ccccc1C(=O)O.[Pb].[Pb].[Pb]. The molecule has 1 aromatic rings. The average molecular weight is 824 g/mol. The Bertz CT molecular complexity index is 311. The van der Waals surface area contributed by atoms with E-state index in [4.69, 9.17) is 10.2 Å². The van der Waals surface area contributed by atoms with Crippen LogP contribution in [0.5, 0.6) is 0 Å². The minimum absolute atomic E-state index is 0. The Morgan fingerprint density at radius 2 is 1.00 bits per heavy atom. The first-order valence-corrected chi connectivity index (χ1v) is 3.18. The van der Waals surface area contributed by atoms with Gasteiger partial charge in [-0.05, 0) is 12.1 Å². The van der Waals surface area contributed by atoms with Crippen molar-refractivity contribution in [2.45, 2.75) is 0 Å². The molecule has 0 spiro atoms. The third-order valence-electron chi connectivity index (χ3n) is 1.39. The molecule has 12 radical (unpaired) electrons. The summed E-state index contributed by atoms with van der Waals surface area (Å²) in [7, 11) is 0. The molecule has 90 valence electrons. The van der Waals surface area contributed by atoms with Gasteiger partial charge in [0.15, 0.2) is 0 Å². The molecule has 0 saturated heterocycles. The van der Waals surface area contributed by atoms with E-state index in [9.17, 15) is 9.59 Å². The van der Waals surface area contributed by atoms with Crippen molar-refractivity contribution < 1.29 is 30.8 Å². The number of carbonyl (C=O) groups is 2. The fourth-order valence-electron chi connectivity index (χ4n) is 0.856. The van der Waals surface area contributed by atoms with Crippen molar-refractivity contribution in [1.82, 2.24) is 0 Å². The minimum Gasteiger partial charge on any atom is -0.478 e. The maximum atomic E-state index is 10.5. The molecule has 0 aromatic heterocycles. The molecule has 0 heterocycles. The first-order chi connectivity index (χ1) is 5.63. The second-order valence-corrected chi connectivity index (χ2v) is 2.16. The Morgan fingerprint density at radius 1 is 0.765 bits per heavy atom. The number of benzene rings is 1. The first kappa shape index (κ1) is 30.7. The molecule has 1 rings (SSSR count). The molecule has 0 bridgehead atoms. The molecule has 17 heavy (non-hydrogen) atoms. The molecule has 0 aliphatic rings. The fourth-order valence-corrected chi connectivity index (χ4v) is 0.856. The fraction of sp³-hybridized carbons (Fsp3) is 0. The van der Waals surface area contributed by atoms with Crippen LogP contribution in [0.2, 0.25) is 0 Å². The molecule has 0 fully saturated rings. The van der Waals surface area contributed by atoms with Gasteiger partial charge in [-0.2, -0.15) is 0 Å². The van der Waals surface area contributed by atoms with Gasteiger partial charge in [0.05, 0.1) is 11.1 Å². The van der Waals surface area contributed by atoms with Crippen molar-refractivity contribution in [3.63, 3.8) is 0 Å². The van der Waals surface area contributed by atoms with Crippen LogP contribution in [-0.2, 0) is 0 Å². The molecular formula is C8H10O6Pb3. The van der Waals surface area contributed by atoms with Crippen molar-refractivity contribution in [3.05, 3.63) is 35.4 Å². The van der Waals surface area contributed by atoms with Gasteiger partial charge in [-0.15, -0.1) is 0 Å². The molecule has 0 amide bonds. The number of hydrogen-bond acceptors (Lipinski definition) is 2. The molecule has 1 aromatic carbocycles. The normalized spacial score (nSPS) is 6.59. The number of aromatic carboxylic acids is 2. The topological polar surface area (TPSA) is 138 Å². The third-order valence-corrected chi connectivity index (χ3v) is 1.39. The molecule has 6 nitrogen and oxygen atoms in total. The van der Waals surface area contributed by atoms with Gasteiger partial charge in [0, 0.05) is 81.9 Å². The molecule has 0 unspecified atom stereocenters. The molecule has 6 N–H and O–H groups in total. The van der Waals surface area contributed by atoms with E-state index >= 15 is 0 Å². The summed E-state index contributed by atoms with van der Waals surface area (Å²) in [5, 5.41) is 17.1. The van der Waals surface area contributed by atoms with E-state index < -0.39 is 11.9 Å². The Labute approximate surface area is 158 Å². The van der Waals surface area contributed by atoms with Gasteiger partial charge in [-0.3, -0.25) is 0 Å². The van der Waals surface area contributed by atoms with Gasteiger partial charge in [0.25, 0.3) is 0 Å². The van der Waals surface area contributed by atoms with Crippen LogP contribution in [0.3, 0.4) is 0 Å². The van der Waals surface area contributed by atoms with E-state index in [-0.39, 0.29) is 104 Å². The van der Waals surface area contributed by atoms with Crippen molar-refractivity contribution in [2.24, 2.45) is 0 Å². The zero-order valence-electron chi connectivity index (χ0n) is 8.52. The maximum Gasteiger partial charge on any atom is 0.336 e. The largest absolute Gasteiger partial charge is 0.478 e. The zero-order chi connectivity index (χ0) is 9.14. The molecule has 0 aliphatic heterocycles. The summed E-state index contributed by atoms with van der Waals surface area (Å²) in [4.78, 5) is 20.9. The Morgan fingerprint density at radius 3 is 1.18 bits per heavy atom. The van der Waals surface area contributed by atoms with Crippen molar-refractivity contribution in [1.29, 1.82) is 0 Å². The molecule has 0 saturated carbocycles. The second-order valence-electron chi connectivity index (χ2n) is 2.16. The van der Waals surface area contributed by atoms with Crippen LogP contribution < -0.4 is 0 Å². The number of carboxylic acids is 2. The van der Waals surface area contributed by atoms with Crippen LogP contribution in [0.15, 0.2) is 24.3 Å². The van der Waals surface area contributed by atoms with Gasteiger partial charge in [-0.25, -0.2) is 9.59 Å². The monoisotopic (exact) mass is 826 g/mol. The van der Waals surface area contributed by atoms with Crippen molar-refractivity contribution in [3.8, 4) is 0 Å². The van der Waals surface area contributed by atoms with Crippen LogP contribution in [-0.4, -0.2) is 115 Å². The second kappa shape index (κ2) is 14.9. The number of rotatable bonds is 2. The Hall–Kier alpha value is 0.846. The molecule has 0 atom stereocenters. The summed E-state index contributed by atoms with van der Waals surface area (Å²) in [6, 6.07) is 5.48. The smallest absolute Gasteiger partial charge is 0.336 e.